The molecule has 0 aliphatic heterocycles. The van der Waals surface area contributed by atoms with Crippen LogP contribution in [0.3, 0.4) is 0 Å². The second-order valence-electron chi connectivity index (χ2n) is 1.14. The molecule has 1 aromatic rings. The van der Waals surface area contributed by atoms with Crippen LogP contribution in [0.15, 0.2) is 12.1 Å². The molecule has 0 radical (unpaired) electrons. The molecule has 46 valence electrons. The Labute approximate surface area is 67.2 Å². The van der Waals surface area contributed by atoms with Crippen molar-refractivity contribution < 1.29 is 0 Å². The summed E-state index contributed by atoms with van der Waals surface area (Å²) < 4.78 is 0.748. The molecule has 1 nitrogen and oxygen atoms in total. The lowest BCUT2D eigenvalue weighted by Gasteiger charge is -1.71. The number of halogens is 2. The number of anilines is 1. The highest BCUT2D eigenvalue weighted by Gasteiger charge is 1.87. The molecule has 0 spiro atoms. The molecule has 0 aliphatic carbocycles. The Bertz CT molecular complexity index is 148. The number of hydrogen-bond donors (Lipinski definition) is 1. The maximum absolute atomic E-state index is 5.50. The van der Waals surface area contributed by atoms with Crippen LogP contribution in [0.5, 0.6) is 0 Å². The van der Waals surface area contributed by atoms with E-state index >= 15 is 0 Å². The molecule has 2 N–H and O–H groups in total. The minimum Gasteiger partial charge on any atom is -0.391 e. The lowest BCUT2D eigenvalue weighted by Crippen LogP contribution is -1.72. The minimum atomic E-state index is 0. The van der Waals surface area contributed by atoms with Gasteiger partial charge >= 0.3 is 0 Å². The van der Waals surface area contributed by atoms with Gasteiger partial charge in [0.05, 0.1) is 9.34 Å². The summed E-state index contributed by atoms with van der Waals surface area (Å²) in [5.74, 6) is 0. The van der Waals surface area contributed by atoms with Crippen LogP contribution in [0.4, 0.5) is 5.00 Å². The van der Waals surface area contributed by atoms with Crippen molar-refractivity contribution >= 4 is 44.9 Å². The Morgan fingerprint density at radius 3 is 2.25 bits per heavy atom. The van der Waals surface area contributed by atoms with E-state index < -0.39 is 0 Å². The predicted octanol–water partition coefficient (Wildman–Crippen LogP) is 2.56. The predicted molar refractivity (Wildman–Crippen MR) is 44.1 cm³/mol. The molecule has 0 aliphatic rings. The molecule has 1 aromatic heterocycles. The van der Waals surface area contributed by atoms with Crippen molar-refractivity contribution in [1.29, 1.82) is 0 Å². The van der Waals surface area contributed by atoms with Crippen LogP contribution in [-0.4, -0.2) is 0 Å². The average molecular weight is 215 g/mol. The van der Waals surface area contributed by atoms with Crippen LogP contribution in [0.1, 0.15) is 0 Å². The van der Waals surface area contributed by atoms with Crippen LogP contribution in [-0.2, 0) is 0 Å². The van der Waals surface area contributed by atoms with Crippen LogP contribution in [0, 0.1) is 0 Å². The lowest BCUT2D eigenvalue weighted by molar-refractivity contribution is 1.94. The van der Waals surface area contributed by atoms with Crippen molar-refractivity contribution in [2.24, 2.45) is 0 Å². The molecular formula is C4H5BrClNS. The fourth-order valence-corrected chi connectivity index (χ4v) is 1.16. The Hall–Kier alpha value is 0.270. The zero-order valence-corrected chi connectivity index (χ0v) is 7.21. The minimum absolute atomic E-state index is 0. The van der Waals surface area contributed by atoms with Gasteiger partial charge in [-0.05, 0) is 12.1 Å². The van der Waals surface area contributed by atoms with Gasteiger partial charge < -0.3 is 5.73 Å². The Morgan fingerprint density at radius 1 is 1.50 bits per heavy atom. The van der Waals surface area contributed by atoms with E-state index in [1.54, 1.807) is 12.1 Å². The lowest BCUT2D eigenvalue weighted by atomic mass is 10.6. The van der Waals surface area contributed by atoms with E-state index in [0.29, 0.717) is 0 Å². The smallest absolute Gasteiger partial charge is 0.0950 e. The Morgan fingerprint density at radius 2 is 2.12 bits per heavy atom. The standard InChI is InChI=1S/C4H4ClNS.BrH/c5-3-1-2-4(6)7-3;/h1-2H,6H2;1H. The third kappa shape index (κ3) is 2.03. The van der Waals surface area contributed by atoms with Crippen LogP contribution < -0.4 is 5.73 Å². The normalized spacial score (nSPS) is 8.12. The molecule has 4 heteroatoms. The first-order valence-corrected chi connectivity index (χ1v) is 2.99. The van der Waals surface area contributed by atoms with E-state index in [4.69, 9.17) is 17.3 Å². The van der Waals surface area contributed by atoms with Gasteiger partial charge in [0.1, 0.15) is 0 Å². The summed E-state index contributed by atoms with van der Waals surface area (Å²) in [6.45, 7) is 0. The van der Waals surface area contributed by atoms with Crippen molar-refractivity contribution in [2.75, 3.05) is 5.73 Å². The van der Waals surface area contributed by atoms with Gasteiger partial charge in [-0.2, -0.15) is 0 Å². The van der Waals surface area contributed by atoms with Gasteiger partial charge in [0.15, 0.2) is 0 Å². The number of nitrogen functional groups attached to an aromatic ring is 1. The molecule has 0 bridgehead atoms. The van der Waals surface area contributed by atoms with E-state index in [2.05, 4.69) is 0 Å². The quantitative estimate of drug-likeness (QED) is 0.706. The number of rotatable bonds is 0. The highest BCUT2D eigenvalue weighted by Crippen LogP contribution is 2.22. The van der Waals surface area contributed by atoms with Crippen LogP contribution in [0.2, 0.25) is 4.34 Å². The van der Waals surface area contributed by atoms with E-state index in [9.17, 15) is 0 Å². The SMILES string of the molecule is Br.Nc1ccc(Cl)s1. The van der Waals surface area contributed by atoms with Crippen molar-refractivity contribution in [3.63, 3.8) is 0 Å². The highest BCUT2D eigenvalue weighted by molar-refractivity contribution is 8.93. The fraction of sp³-hybridized carbons (Fsp3) is 0. The van der Waals surface area contributed by atoms with Gasteiger partial charge in [-0.3, -0.25) is 0 Å². The number of hydrogen-bond acceptors (Lipinski definition) is 2. The molecule has 0 amide bonds. The Balaban J connectivity index is 0.000000490. The van der Waals surface area contributed by atoms with Crippen molar-refractivity contribution in [3.8, 4) is 0 Å². The topological polar surface area (TPSA) is 26.0 Å². The van der Waals surface area contributed by atoms with E-state index in [1.807, 2.05) is 0 Å². The molecule has 0 saturated heterocycles. The maximum atomic E-state index is 5.50. The summed E-state index contributed by atoms with van der Waals surface area (Å²) in [6, 6.07) is 3.56. The van der Waals surface area contributed by atoms with Crippen LogP contribution in [0.25, 0.3) is 0 Å². The summed E-state index contributed by atoms with van der Waals surface area (Å²) in [5.41, 5.74) is 5.31. The molecule has 0 aromatic carbocycles. The van der Waals surface area contributed by atoms with E-state index in [1.165, 1.54) is 11.3 Å². The van der Waals surface area contributed by atoms with Gasteiger partial charge in [0, 0.05) is 0 Å². The molecule has 1 heterocycles. The van der Waals surface area contributed by atoms with Gasteiger partial charge in [0.2, 0.25) is 0 Å². The largest absolute Gasteiger partial charge is 0.391 e. The fourth-order valence-electron chi connectivity index (χ4n) is 0.328. The van der Waals surface area contributed by atoms with Crippen molar-refractivity contribution in [3.05, 3.63) is 16.5 Å². The van der Waals surface area contributed by atoms with E-state index in [-0.39, 0.29) is 17.0 Å². The molecule has 1 rings (SSSR count). The first kappa shape index (κ1) is 8.27. The maximum Gasteiger partial charge on any atom is 0.0950 e. The highest BCUT2D eigenvalue weighted by atomic mass is 79.9. The molecule has 0 unspecified atom stereocenters. The van der Waals surface area contributed by atoms with Gasteiger partial charge in [-0.25, -0.2) is 0 Å². The molecular weight excluding hydrogens is 209 g/mol. The van der Waals surface area contributed by atoms with Gasteiger partial charge in [0.25, 0.3) is 0 Å². The monoisotopic (exact) mass is 213 g/mol. The summed E-state index contributed by atoms with van der Waals surface area (Å²) in [5, 5.41) is 0.769. The zero-order valence-electron chi connectivity index (χ0n) is 3.93. The van der Waals surface area contributed by atoms with Gasteiger partial charge in [-0.1, -0.05) is 11.6 Å². The number of thiophene rings is 1. The second kappa shape index (κ2) is 3.33. The zero-order chi connectivity index (χ0) is 5.28. The number of nitrogens with two attached hydrogens (primary N) is 1. The second-order valence-corrected chi connectivity index (χ2v) is 2.89. The van der Waals surface area contributed by atoms with Crippen LogP contribution >= 0.6 is 39.9 Å². The molecule has 0 fully saturated rings. The molecule has 0 saturated carbocycles. The summed E-state index contributed by atoms with van der Waals surface area (Å²) in [4.78, 5) is 0. The Kier molecular flexibility index (Phi) is 3.44. The van der Waals surface area contributed by atoms with E-state index in [0.717, 1.165) is 9.34 Å². The average Bonchev–Trinajstić information content (AvgIpc) is 1.87. The summed E-state index contributed by atoms with van der Waals surface area (Å²) in [7, 11) is 0. The third-order valence-electron chi connectivity index (χ3n) is 0.594. The molecule has 0 atom stereocenters. The first-order chi connectivity index (χ1) is 3.29. The summed E-state index contributed by atoms with van der Waals surface area (Å²) >= 11 is 6.88. The summed E-state index contributed by atoms with van der Waals surface area (Å²) in [6.07, 6.45) is 0. The van der Waals surface area contributed by atoms with Gasteiger partial charge in [-0.15, -0.1) is 28.3 Å². The van der Waals surface area contributed by atoms with Crippen molar-refractivity contribution in [1.82, 2.24) is 0 Å². The molecule has 8 heavy (non-hydrogen) atoms. The third-order valence-corrected chi connectivity index (χ3v) is 1.65. The first-order valence-electron chi connectivity index (χ1n) is 1.80. The van der Waals surface area contributed by atoms with Crippen molar-refractivity contribution in [2.45, 2.75) is 0 Å².